The summed E-state index contributed by atoms with van der Waals surface area (Å²) in [5, 5.41) is 72.3. The Morgan fingerprint density at radius 2 is 0.849 bits per heavy atom. The highest BCUT2D eigenvalue weighted by Gasteiger charge is 2.47. The summed E-state index contributed by atoms with van der Waals surface area (Å²) in [6.45, 7) is 3.70. The van der Waals surface area contributed by atoms with Gasteiger partial charge in [-0.2, -0.15) is 0 Å². The first-order chi connectivity index (χ1) is 35.6. The van der Waals surface area contributed by atoms with Crippen molar-refractivity contribution in [2.45, 2.75) is 313 Å². The number of hydrogen-bond acceptors (Lipinski definition) is 14. The normalized spacial score (nSPS) is 25.1. The van der Waals surface area contributed by atoms with Crippen LogP contribution >= 0.6 is 0 Å². The zero-order chi connectivity index (χ0) is 53.0. The van der Waals surface area contributed by atoms with Crippen LogP contribution in [-0.4, -0.2) is 142 Å². The van der Waals surface area contributed by atoms with E-state index in [4.69, 9.17) is 28.4 Å². The van der Waals surface area contributed by atoms with Gasteiger partial charge in [0.25, 0.3) is 0 Å². The molecule has 0 saturated carbocycles. The van der Waals surface area contributed by atoms with E-state index in [9.17, 15) is 40.5 Å². The lowest BCUT2D eigenvalue weighted by Crippen LogP contribution is -2.61. The summed E-state index contributed by atoms with van der Waals surface area (Å²) in [6.07, 6.45) is 36.7. The maximum absolute atomic E-state index is 13.1. The fourth-order valence-electron chi connectivity index (χ4n) is 9.61. The number of hydrogen-bond donors (Lipinski definition) is 7. The topological polar surface area (TPSA) is 214 Å². The molecule has 0 bridgehead atoms. The second kappa shape index (κ2) is 46.6. The number of aliphatic hydroxyl groups is 7. The first-order valence-electron chi connectivity index (χ1n) is 29.9. The van der Waals surface area contributed by atoms with Crippen molar-refractivity contribution in [3.8, 4) is 0 Å². The van der Waals surface area contributed by atoms with Gasteiger partial charge in [0, 0.05) is 13.0 Å². The van der Waals surface area contributed by atoms with Crippen molar-refractivity contribution >= 4 is 5.97 Å². The number of esters is 1. The SMILES string of the molecule is CCCCCC/C=C\C/C=C\CCCCCCCC(=O)OC(COCCCCCCCCCCCCCCCCCCCCCCCCC)COC1OC(COC2OC(CO)C(O)C(O)C2O)C(O)C(O)C1O. The fourth-order valence-corrected chi connectivity index (χ4v) is 9.61. The summed E-state index contributed by atoms with van der Waals surface area (Å²) in [6, 6.07) is 0. The van der Waals surface area contributed by atoms with E-state index in [0.29, 0.717) is 13.0 Å². The Bertz CT molecular complexity index is 1300. The van der Waals surface area contributed by atoms with Crippen molar-refractivity contribution in [1.29, 1.82) is 0 Å². The van der Waals surface area contributed by atoms with Crippen LogP contribution in [0.4, 0.5) is 0 Å². The van der Waals surface area contributed by atoms with Crippen LogP contribution in [0.3, 0.4) is 0 Å². The summed E-state index contributed by atoms with van der Waals surface area (Å²) >= 11 is 0. The molecule has 11 atom stereocenters. The molecule has 0 aliphatic carbocycles. The molecule has 11 unspecified atom stereocenters. The maximum Gasteiger partial charge on any atom is 0.306 e. The molecular weight excluding hydrogens is 933 g/mol. The Morgan fingerprint density at radius 3 is 1.33 bits per heavy atom. The first-order valence-corrected chi connectivity index (χ1v) is 29.9. The highest BCUT2D eigenvalue weighted by Crippen LogP contribution is 2.27. The van der Waals surface area contributed by atoms with Gasteiger partial charge in [-0.3, -0.25) is 4.79 Å². The van der Waals surface area contributed by atoms with Crippen molar-refractivity contribution in [3.63, 3.8) is 0 Å². The van der Waals surface area contributed by atoms with Crippen LogP contribution in [0.2, 0.25) is 0 Å². The Hall–Kier alpha value is -1.53. The molecule has 73 heavy (non-hydrogen) atoms. The summed E-state index contributed by atoms with van der Waals surface area (Å²) < 4.78 is 34.4. The van der Waals surface area contributed by atoms with Crippen molar-refractivity contribution < 1.29 is 69.0 Å². The second-order valence-electron chi connectivity index (χ2n) is 21.2. The minimum Gasteiger partial charge on any atom is -0.457 e. The van der Waals surface area contributed by atoms with Gasteiger partial charge in [0.2, 0.25) is 0 Å². The van der Waals surface area contributed by atoms with Gasteiger partial charge >= 0.3 is 5.97 Å². The van der Waals surface area contributed by atoms with Gasteiger partial charge in [0.1, 0.15) is 54.9 Å². The van der Waals surface area contributed by atoms with Crippen molar-refractivity contribution in [2.75, 3.05) is 33.0 Å². The number of carbonyl (C=O) groups excluding carboxylic acids is 1. The number of rotatable bonds is 49. The monoisotopic (exact) mass is 1040 g/mol. The van der Waals surface area contributed by atoms with Gasteiger partial charge in [0.05, 0.1) is 26.4 Å². The standard InChI is InChI=1S/C59H110O14/c1-3-5-7-9-11-13-15-17-19-21-22-23-24-25-26-27-29-31-33-35-37-39-41-43-68-45-48(71-51(61)42-40-38-36-34-32-30-28-20-18-16-14-12-10-8-6-4-2)46-69-58-57(67)55(65)53(63)50(73-58)47-70-59-56(66)54(64)52(62)49(44-60)72-59/h14,16,20,28,48-50,52-60,62-67H,3-13,15,17-19,21-27,29-47H2,1-2H3/b16-14-,28-20-. The molecule has 0 amide bonds. The molecule has 430 valence electrons. The number of ether oxygens (including phenoxy) is 6. The lowest BCUT2D eigenvalue weighted by molar-refractivity contribution is -0.332. The van der Waals surface area contributed by atoms with Crippen LogP contribution in [0.25, 0.3) is 0 Å². The summed E-state index contributed by atoms with van der Waals surface area (Å²) in [5.41, 5.74) is 0. The molecule has 2 aliphatic rings. The van der Waals surface area contributed by atoms with Gasteiger partial charge in [-0.25, -0.2) is 0 Å². The number of unbranched alkanes of at least 4 members (excludes halogenated alkanes) is 31. The zero-order valence-electron chi connectivity index (χ0n) is 46.1. The van der Waals surface area contributed by atoms with E-state index < -0.39 is 80.7 Å². The number of aliphatic hydroxyl groups excluding tert-OH is 7. The van der Waals surface area contributed by atoms with Crippen LogP contribution in [0.15, 0.2) is 24.3 Å². The van der Waals surface area contributed by atoms with Gasteiger partial charge in [-0.05, 0) is 44.9 Å². The molecule has 0 aromatic heterocycles. The average Bonchev–Trinajstić information content (AvgIpc) is 3.39. The third-order valence-electron chi connectivity index (χ3n) is 14.5. The van der Waals surface area contributed by atoms with Crippen LogP contribution in [0, 0.1) is 0 Å². The fraction of sp³-hybridized carbons (Fsp3) is 0.915. The first kappa shape index (κ1) is 67.6. The lowest BCUT2D eigenvalue weighted by atomic mass is 9.98. The molecule has 2 aliphatic heterocycles. The van der Waals surface area contributed by atoms with Crippen LogP contribution in [0.5, 0.6) is 0 Å². The molecule has 2 saturated heterocycles. The Kier molecular flexibility index (Phi) is 43.1. The number of allylic oxidation sites excluding steroid dienone is 4. The predicted molar refractivity (Wildman–Crippen MR) is 289 cm³/mol. The van der Waals surface area contributed by atoms with Gasteiger partial charge < -0.3 is 64.2 Å². The van der Waals surface area contributed by atoms with Gasteiger partial charge in [0.15, 0.2) is 12.6 Å². The van der Waals surface area contributed by atoms with Crippen LogP contribution in [0.1, 0.15) is 245 Å². The van der Waals surface area contributed by atoms with Crippen LogP contribution in [-0.2, 0) is 33.2 Å². The minimum atomic E-state index is -1.71. The highest BCUT2D eigenvalue weighted by atomic mass is 16.7. The molecule has 14 nitrogen and oxygen atoms in total. The largest absolute Gasteiger partial charge is 0.457 e. The molecule has 0 spiro atoms. The van der Waals surface area contributed by atoms with Crippen LogP contribution < -0.4 is 0 Å². The average molecular weight is 1040 g/mol. The molecule has 0 aromatic carbocycles. The molecule has 2 fully saturated rings. The van der Waals surface area contributed by atoms with Crippen molar-refractivity contribution in [1.82, 2.24) is 0 Å². The molecule has 14 heteroatoms. The highest BCUT2D eigenvalue weighted by molar-refractivity contribution is 5.69. The minimum absolute atomic E-state index is 0.0605. The quantitative estimate of drug-likeness (QED) is 0.0172. The molecular formula is C59H110O14. The number of carbonyl (C=O) groups is 1. The molecule has 2 rings (SSSR count). The van der Waals surface area contributed by atoms with E-state index in [2.05, 4.69) is 38.2 Å². The zero-order valence-corrected chi connectivity index (χ0v) is 46.1. The van der Waals surface area contributed by atoms with E-state index in [1.54, 1.807) is 0 Å². The smallest absolute Gasteiger partial charge is 0.306 e. The molecule has 7 N–H and O–H groups in total. The van der Waals surface area contributed by atoms with E-state index in [1.807, 2.05) is 0 Å². The predicted octanol–water partition coefficient (Wildman–Crippen LogP) is 10.8. The van der Waals surface area contributed by atoms with E-state index >= 15 is 0 Å². The molecule has 2 heterocycles. The van der Waals surface area contributed by atoms with E-state index in [-0.39, 0.29) is 25.6 Å². The van der Waals surface area contributed by atoms with Gasteiger partial charge in [-0.15, -0.1) is 0 Å². The van der Waals surface area contributed by atoms with Crippen molar-refractivity contribution in [3.05, 3.63) is 24.3 Å². The Labute approximate surface area is 443 Å². The second-order valence-corrected chi connectivity index (χ2v) is 21.2. The van der Waals surface area contributed by atoms with E-state index in [0.717, 1.165) is 64.2 Å². The van der Waals surface area contributed by atoms with Gasteiger partial charge in [-0.1, -0.05) is 218 Å². The lowest BCUT2D eigenvalue weighted by Gasteiger charge is -2.42. The van der Waals surface area contributed by atoms with Crippen molar-refractivity contribution in [2.24, 2.45) is 0 Å². The summed E-state index contributed by atoms with van der Waals surface area (Å²) in [7, 11) is 0. The third-order valence-corrected chi connectivity index (χ3v) is 14.5. The third kappa shape index (κ3) is 33.4. The molecule has 0 radical (unpaired) electrons. The van der Waals surface area contributed by atoms with E-state index in [1.165, 1.54) is 154 Å². The Morgan fingerprint density at radius 1 is 0.452 bits per heavy atom. The molecule has 0 aromatic rings. The summed E-state index contributed by atoms with van der Waals surface area (Å²) in [4.78, 5) is 13.1. The summed E-state index contributed by atoms with van der Waals surface area (Å²) in [5.74, 6) is -0.385. The maximum atomic E-state index is 13.1. The Balaban J connectivity index is 1.69.